The molecule has 0 aromatic heterocycles. The second kappa shape index (κ2) is 5.33. The second-order valence-electron chi connectivity index (χ2n) is 5.32. The molecule has 2 atom stereocenters. The van der Waals surface area contributed by atoms with Crippen LogP contribution in [0.25, 0.3) is 0 Å². The van der Waals surface area contributed by atoms with Crippen LogP contribution >= 0.6 is 12.2 Å². The molecule has 2 rings (SSSR count). The molecule has 1 saturated heterocycles. The predicted octanol–water partition coefficient (Wildman–Crippen LogP) is 2.55. The number of hydrogen-bond donors (Lipinski definition) is 1. The Bertz CT molecular complexity index is 451. The molecule has 2 N–H and O–H groups in total. The molecule has 2 nitrogen and oxygen atoms in total. The number of rotatable bonds is 3. The molecule has 98 valence electrons. The molecular formula is C14H19FN2S. The van der Waals surface area contributed by atoms with Crippen molar-refractivity contribution >= 4 is 17.2 Å². The zero-order valence-electron chi connectivity index (χ0n) is 10.8. The van der Waals surface area contributed by atoms with E-state index in [4.69, 9.17) is 18.0 Å². The molecule has 1 aliphatic heterocycles. The number of benzene rings is 1. The Morgan fingerprint density at radius 3 is 2.50 bits per heavy atom. The molecular weight excluding hydrogens is 247 g/mol. The first-order valence-corrected chi connectivity index (χ1v) is 6.68. The molecule has 0 radical (unpaired) electrons. The molecule has 1 aliphatic rings. The minimum absolute atomic E-state index is 0.215. The minimum atomic E-state index is -0.215. The highest BCUT2D eigenvalue weighted by Crippen LogP contribution is 2.24. The van der Waals surface area contributed by atoms with Gasteiger partial charge in [0.2, 0.25) is 0 Å². The van der Waals surface area contributed by atoms with E-state index >= 15 is 0 Å². The maximum atomic E-state index is 13.9. The summed E-state index contributed by atoms with van der Waals surface area (Å²) in [4.78, 5) is 2.54. The molecule has 0 saturated carbocycles. The van der Waals surface area contributed by atoms with Crippen molar-refractivity contribution in [2.75, 3.05) is 13.1 Å². The number of nitrogens with zero attached hydrogens (tertiary/aromatic N) is 1. The summed E-state index contributed by atoms with van der Waals surface area (Å²) < 4.78 is 13.9. The van der Waals surface area contributed by atoms with E-state index in [0.717, 1.165) is 18.7 Å². The Morgan fingerprint density at radius 2 is 2.00 bits per heavy atom. The third-order valence-electron chi connectivity index (χ3n) is 3.80. The fourth-order valence-corrected chi connectivity index (χ4v) is 2.57. The SMILES string of the molecule is CC1CN(Cc2ccc(C(N)=S)cc2F)CC1C. The standard InChI is InChI=1S/C14H19FN2S/c1-9-6-17(7-10(9)2)8-12-4-3-11(14(16)18)5-13(12)15/h3-5,9-10H,6-8H2,1-2H3,(H2,16,18). The van der Waals surface area contributed by atoms with E-state index in [1.165, 1.54) is 6.07 Å². The fraction of sp³-hybridized carbons (Fsp3) is 0.500. The highest BCUT2D eigenvalue weighted by Gasteiger charge is 2.26. The Morgan fingerprint density at radius 1 is 1.39 bits per heavy atom. The van der Waals surface area contributed by atoms with Gasteiger partial charge in [-0.1, -0.05) is 38.2 Å². The van der Waals surface area contributed by atoms with Gasteiger partial charge in [-0.05, 0) is 17.9 Å². The molecule has 4 heteroatoms. The van der Waals surface area contributed by atoms with Gasteiger partial charge in [-0.3, -0.25) is 4.90 Å². The molecule has 0 bridgehead atoms. The quantitative estimate of drug-likeness (QED) is 0.853. The fourth-order valence-electron chi connectivity index (χ4n) is 2.45. The van der Waals surface area contributed by atoms with Crippen molar-refractivity contribution in [1.82, 2.24) is 4.90 Å². The van der Waals surface area contributed by atoms with Crippen LogP contribution in [0.2, 0.25) is 0 Å². The van der Waals surface area contributed by atoms with E-state index in [1.54, 1.807) is 12.1 Å². The van der Waals surface area contributed by atoms with E-state index in [0.29, 0.717) is 23.9 Å². The highest BCUT2D eigenvalue weighted by molar-refractivity contribution is 7.80. The lowest BCUT2D eigenvalue weighted by Gasteiger charge is -2.16. The van der Waals surface area contributed by atoms with E-state index in [9.17, 15) is 4.39 Å². The van der Waals surface area contributed by atoms with Crippen molar-refractivity contribution in [2.45, 2.75) is 20.4 Å². The summed E-state index contributed by atoms with van der Waals surface area (Å²) in [7, 11) is 0. The van der Waals surface area contributed by atoms with Gasteiger partial charge >= 0.3 is 0 Å². The van der Waals surface area contributed by atoms with Crippen LogP contribution < -0.4 is 5.73 Å². The van der Waals surface area contributed by atoms with Crippen molar-refractivity contribution in [3.8, 4) is 0 Å². The van der Waals surface area contributed by atoms with E-state index in [-0.39, 0.29) is 10.8 Å². The third kappa shape index (κ3) is 2.87. The summed E-state index contributed by atoms with van der Waals surface area (Å²) in [5.74, 6) is 1.15. The van der Waals surface area contributed by atoms with Gasteiger partial charge in [0.1, 0.15) is 10.8 Å². The first-order valence-electron chi connectivity index (χ1n) is 6.28. The molecule has 0 spiro atoms. The first kappa shape index (κ1) is 13.4. The van der Waals surface area contributed by atoms with Crippen LogP contribution in [0.4, 0.5) is 4.39 Å². The highest BCUT2D eigenvalue weighted by atomic mass is 32.1. The summed E-state index contributed by atoms with van der Waals surface area (Å²) in [5, 5.41) is 0. The Labute approximate surface area is 113 Å². The van der Waals surface area contributed by atoms with Crippen LogP contribution in [0.15, 0.2) is 18.2 Å². The van der Waals surface area contributed by atoms with E-state index < -0.39 is 0 Å². The predicted molar refractivity (Wildman–Crippen MR) is 75.9 cm³/mol. The molecule has 0 amide bonds. The van der Waals surface area contributed by atoms with Crippen molar-refractivity contribution in [2.24, 2.45) is 17.6 Å². The van der Waals surface area contributed by atoms with Crippen molar-refractivity contribution in [3.05, 3.63) is 35.1 Å². The first-order chi connectivity index (χ1) is 8.47. The van der Waals surface area contributed by atoms with Crippen molar-refractivity contribution in [1.29, 1.82) is 0 Å². The van der Waals surface area contributed by atoms with E-state index in [1.807, 2.05) is 0 Å². The zero-order valence-corrected chi connectivity index (χ0v) is 11.6. The molecule has 18 heavy (non-hydrogen) atoms. The van der Waals surface area contributed by atoms with Crippen LogP contribution in [0.3, 0.4) is 0 Å². The maximum Gasteiger partial charge on any atom is 0.128 e. The van der Waals surface area contributed by atoms with Gasteiger partial charge in [-0.25, -0.2) is 4.39 Å². The Hall–Kier alpha value is -1.00. The largest absolute Gasteiger partial charge is 0.389 e. The van der Waals surface area contributed by atoms with Gasteiger partial charge in [0.25, 0.3) is 0 Å². The van der Waals surface area contributed by atoms with Gasteiger partial charge in [-0.2, -0.15) is 0 Å². The summed E-state index contributed by atoms with van der Waals surface area (Å²) in [6, 6.07) is 5.02. The number of halogens is 1. The van der Waals surface area contributed by atoms with Crippen LogP contribution in [-0.2, 0) is 6.54 Å². The zero-order chi connectivity index (χ0) is 13.3. The van der Waals surface area contributed by atoms with Crippen molar-refractivity contribution < 1.29 is 4.39 Å². The summed E-state index contributed by atoms with van der Waals surface area (Å²) in [5.41, 5.74) is 6.80. The second-order valence-corrected chi connectivity index (χ2v) is 5.76. The van der Waals surface area contributed by atoms with Crippen molar-refractivity contribution in [3.63, 3.8) is 0 Å². The van der Waals surface area contributed by atoms with Gasteiger partial charge in [0, 0.05) is 30.8 Å². The lowest BCUT2D eigenvalue weighted by Crippen LogP contribution is -2.21. The van der Waals surface area contributed by atoms with Crippen LogP contribution in [0.5, 0.6) is 0 Å². The van der Waals surface area contributed by atoms with Gasteiger partial charge in [0.15, 0.2) is 0 Å². The molecule has 1 heterocycles. The number of likely N-dealkylation sites (tertiary alicyclic amines) is 1. The lowest BCUT2D eigenvalue weighted by atomic mass is 10.0. The summed E-state index contributed by atoms with van der Waals surface area (Å²) in [6.07, 6.45) is 0. The summed E-state index contributed by atoms with van der Waals surface area (Å²) >= 11 is 4.84. The van der Waals surface area contributed by atoms with Gasteiger partial charge < -0.3 is 5.73 Å². The van der Waals surface area contributed by atoms with Crippen LogP contribution in [-0.4, -0.2) is 23.0 Å². The average Bonchev–Trinajstić information content (AvgIpc) is 2.61. The Balaban J connectivity index is 2.08. The minimum Gasteiger partial charge on any atom is -0.389 e. The summed E-state index contributed by atoms with van der Waals surface area (Å²) in [6.45, 7) is 7.24. The normalized spacial score (nSPS) is 24.4. The van der Waals surface area contributed by atoms with Crippen LogP contribution in [0.1, 0.15) is 25.0 Å². The number of hydrogen-bond acceptors (Lipinski definition) is 2. The van der Waals surface area contributed by atoms with Crippen LogP contribution in [0, 0.1) is 17.7 Å². The molecule has 2 unspecified atom stereocenters. The average molecular weight is 266 g/mol. The van der Waals surface area contributed by atoms with Gasteiger partial charge in [0.05, 0.1) is 0 Å². The topological polar surface area (TPSA) is 29.3 Å². The number of nitrogens with two attached hydrogens (primary N) is 1. The molecule has 1 aromatic rings. The molecule has 1 aromatic carbocycles. The Kier molecular flexibility index (Phi) is 3.97. The molecule has 1 fully saturated rings. The smallest absolute Gasteiger partial charge is 0.128 e. The third-order valence-corrected chi connectivity index (χ3v) is 4.03. The van der Waals surface area contributed by atoms with E-state index in [2.05, 4.69) is 18.7 Å². The molecule has 0 aliphatic carbocycles. The number of thiocarbonyl (C=S) groups is 1. The van der Waals surface area contributed by atoms with Gasteiger partial charge in [-0.15, -0.1) is 0 Å². The maximum absolute atomic E-state index is 13.9. The lowest BCUT2D eigenvalue weighted by molar-refractivity contribution is 0.311. The monoisotopic (exact) mass is 266 g/mol.